The van der Waals surface area contributed by atoms with Crippen LogP contribution in [0.1, 0.15) is 51.0 Å². The van der Waals surface area contributed by atoms with Gasteiger partial charge in [0, 0.05) is 17.3 Å². The number of β-lactam (4-membered cyclic amide) rings is 1. The molecule has 0 bridgehead atoms. The second-order valence-electron chi connectivity index (χ2n) is 8.64. The van der Waals surface area contributed by atoms with Crippen LogP contribution >= 0.6 is 0 Å². The van der Waals surface area contributed by atoms with E-state index in [-0.39, 0.29) is 24.3 Å². The third-order valence-corrected chi connectivity index (χ3v) is 6.49. The van der Waals surface area contributed by atoms with Crippen LogP contribution in [-0.4, -0.2) is 37.1 Å². The average Bonchev–Trinajstić information content (AvgIpc) is 2.83. The highest BCUT2D eigenvalue weighted by Gasteiger charge is 2.56. The number of benzene rings is 2. The van der Waals surface area contributed by atoms with E-state index in [9.17, 15) is 9.59 Å². The maximum Gasteiger partial charge on any atom is 0.251 e. The lowest BCUT2D eigenvalue weighted by atomic mass is 9.80. The molecular formula is C27H32N2O4. The van der Waals surface area contributed by atoms with Gasteiger partial charge in [-0.15, -0.1) is 0 Å². The van der Waals surface area contributed by atoms with E-state index in [1.807, 2.05) is 67.6 Å². The highest BCUT2D eigenvalue weighted by molar-refractivity contribution is 6.15. The topological polar surface area (TPSA) is 67.9 Å². The Kier molecular flexibility index (Phi) is 7.02. The van der Waals surface area contributed by atoms with Crippen LogP contribution < -0.4 is 19.7 Å². The first-order valence-electron chi connectivity index (χ1n) is 11.8. The van der Waals surface area contributed by atoms with Gasteiger partial charge in [0.05, 0.1) is 20.1 Å². The number of carbonyl (C=O) groups is 2. The number of anilines is 1. The van der Waals surface area contributed by atoms with Gasteiger partial charge in [-0.25, -0.2) is 0 Å². The predicted octanol–water partition coefficient (Wildman–Crippen LogP) is 4.73. The Morgan fingerprint density at radius 2 is 1.85 bits per heavy atom. The molecule has 0 spiro atoms. The summed E-state index contributed by atoms with van der Waals surface area (Å²) in [7, 11) is 1.62. The maximum absolute atomic E-state index is 13.7. The minimum atomic E-state index is -1.08. The van der Waals surface area contributed by atoms with Crippen molar-refractivity contribution in [1.82, 2.24) is 5.32 Å². The molecule has 0 radical (unpaired) electrons. The van der Waals surface area contributed by atoms with Crippen LogP contribution in [0, 0.1) is 0 Å². The molecule has 2 aromatic carbocycles. The lowest BCUT2D eigenvalue weighted by molar-refractivity contribution is -0.137. The minimum Gasteiger partial charge on any atom is -0.496 e. The zero-order valence-electron chi connectivity index (χ0n) is 19.4. The van der Waals surface area contributed by atoms with Crippen LogP contribution in [0.25, 0.3) is 6.08 Å². The number of para-hydroxylation sites is 1. The Balaban J connectivity index is 1.67. The molecule has 1 aliphatic heterocycles. The van der Waals surface area contributed by atoms with Gasteiger partial charge in [0.15, 0.2) is 5.54 Å². The predicted molar refractivity (Wildman–Crippen MR) is 129 cm³/mol. The number of hydrogen-bond donors (Lipinski definition) is 1. The van der Waals surface area contributed by atoms with Crippen molar-refractivity contribution in [2.75, 3.05) is 18.6 Å². The van der Waals surface area contributed by atoms with Gasteiger partial charge >= 0.3 is 0 Å². The smallest absolute Gasteiger partial charge is 0.251 e. The molecule has 2 aliphatic rings. The standard InChI is InChI=1S/C27H32N2O4/c1-3-33-23-15-13-22(14-16-23)29-25(30)19-27(29,26(31)28-21-10-5-4-6-11-21)18-17-20-9-7-8-12-24(20)32-2/h7-9,12-18,21H,3-6,10-11,19H2,1-2H3,(H,28,31)/b18-17+/t27-/m1/s1. The Morgan fingerprint density at radius 3 is 2.52 bits per heavy atom. The van der Waals surface area contributed by atoms with Gasteiger partial charge in [-0.05, 0) is 56.2 Å². The maximum atomic E-state index is 13.7. The minimum absolute atomic E-state index is 0.0809. The van der Waals surface area contributed by atoms with Crippen molar-refractivity contribution in [2.45, 2.75) is 57.0 Å². The van der Waals surface area contributed by atoms with Crippen LogP contribution in [0.15, 0.2) is 54.6 Å². The molecule has 2 aromatic rings. The summed E-state index contributed by atoms with van der Waals surface area (Å²) in [6.07, 6.45) is 9.28. The van der Waals surface area contributed by atoms with Gasteiger partial charge < -0.3 is 14.8 Å². The average molecular weight is 449 g/mol. The fraction of sp³-hybridized carbons (Fsp3) is 0.407. The zero-order valence-corrected chi connectivity index (χ0v) is 19.4. The van der Waals surface area contributed by atoms with Gasteiger partial charge in [-0.3, -0.25) is 14.5 Å². The third-order valence-electron chi connectivity index (χ3n) is 6.49. The molecule has 1 saturated heterocycles. The van der Waals surface area contributed by atoms with Crippen LogP contribution in [-0.2, 0) is 9.59 Å². The summed E-state index contributed by atoms with van der Waals surface area (Å²) in [5, 5.41) is 3.24. The van der Waals surface area contributed by atoms with E-state index in [0.717, 1.165) is 42.7 Å². The van der Waals surface area contributed by atoms with E-state index in [1.165, 1.54) is 6.42 Å². The number of amides is 2. The number of nitrogens with zero attached hydrogens (tertiary/aromatic N) is 1. The Labute approximate surface area is 195 Å². The summed E-state index contributed by atoms with van der Waals surface area (Å²) in [6, 6.07) is 15.1. The molecule has 1 aliphatic carbocycles. The molecule has 2 amide bonds. The fourth-order valence-corrected chi connectivity index (χ4v) is 4.73. The van der Waals surface area contributed by atoms with Crippen LogP contribution in [0.2, 0.25) is 0 Å². The second-order valence-corrected chi connectivity index (χ2v) is 8.64. The van der Waals surface area contributed by atoms with Crippen molar-refractivity contribution >= 4 is 23.6 Å². The molecule has 33 heavy (non-hydrogen) atoms. The summed E-state index contributed by atoms with van der Waals surface area (Å²) < 4.78 is 11.0. The number of carbonyl (C=O) groups excluding carboxylic acids is 2. The van der Waals surface area contributed by atoms with Gasteiger partial charge in [-0.2, -0.15) is 0 Å². The van der Waals surface area contributed by atoms with E-state index in [0.29, 0.717) is 12.3 Å². The fourth-order valence-electron chi connectivity index (χ4n) is 4.73. The highest BCUT2D eigenvalue weighted by Crippen LogP contribution is 2.40. The molecule has 174 valence electrons. The molecule has 6 heteroatoms. The Hall–Kier alpha value is -3.28. The molecule has 1 saturated carbocycles. The Morgan fingerprint density at radius 1 is 1.12 bits per heavy atom. The number of rotatable bonds is 8. The number of methoxy groups -OCH3 is 1. The van der Waals surface area contributed by atoms with Crippen molar-refractivity contribution in [3.63, 3.8) is 0 Å². The van der Waals surface area contributed by atoms with E-state index in [4.69, 9.17) is 9.47 Å². The number of ether oxygens (including phenoxy) is 2. The summed E-state index contributed by atoms with van der Waals surface area (Å²) in [6.45, 7) is 2.49. The SMILES string of the molecule is CCOc1ccc(N2C(=O)C[C@]2(/C=C/c2ccccc2OC)C(=O)NC2CCCCC2)cc1. The monoisotopic (exact) mass is 448 g/mol. The van der Waals surface area contributed by atoms with E-state index in [1.54, 1.807) is 12.0 Å². The van der Waals surface area contributed by atoms with Crippen molar-refractivity contribution in [1.29, 1.82) is 0 Å². The molecule has 1 N–H and O–H groups in total. The quantitative estimate of drug-likeness (QED) is 0.593. The summed E-state index contributed by atoms with van der Waals surface area (Å²) in [5.74, 6) is 1.24. The van der Waals surface area contributed by atoms with Gasteiger partial charge in [0.25, 0.3) is 5.91 Å². The van der Waals surface area contributed by atoms with Crippen LogP contribution in [0.5, 0.6) is 11.5 Å². The second kappa shape index (κ2) is 10.1. The molecule has 2 fully saturated rings. The first-order chi connectivity index (χ1) is 16.1. The molecular weight excluding hydrogens is 416 g/mol. The molecule has 4 rings (SSSR count). The number of hydrogen-bond acceptors (Lipinski definition) is 4. The van der Waals surface area contributed by atoms with Gasteiger partial charge in [-0.1, -0.05) is 43.5 Å². The first-order valence-corrected chi connectivity index (χ1v) is 11.8. The summed E-state index contributed by atoms with van der Waals surface area (Å²) in [4.78, 5) is 28.1. The normalized spacial score (nSPS) is 21.0. The van der Waals surface area contributed by atoms with E-state index in [2.05, 4.69) is 5.32 Å². The number of nitrogens with one attached hydrogen (secondary N) is 1. The van der Waals surface area contributed by atoms with Crippen molar-refractivity contribution in [3.05, 3.63) is 60.2 Å². The zero-order chi connectivity index (χ0) is 23.3. The third kappa shape index (κ3) is 4.75. The van der Waals surface area contributed by atoms with E-state index >= 15 is 0 Å². The lowest BCUT2D eigenvalue weighted by Gasteiger charge is -2.49. The molecule has 6 nitrogen and oxygen atoms in total. The lowest BCUT2D eigenvalue weighted by Crippen LogP contribution is -2.70. The highest BCUT2D eigenvalue weighted by atomic mass is 16.5. The van der Waals surface area contributed by atoms with Gasteiger partial charge in [0.1, 0.15) is 11.5 Å². The van der Waals surface area contributed by atoms with Gasteiger partial charge in [0.2, 0.25) is 5.91 Å². The van der Waals surface area contributed by atoms with Crippen molar-refractivity contribution < 1.29 is 19.1 Å². The molecule has 0 aromatic heterocycles. The molecule has 1 heterocycles. The summed E-state index contributed by atoms with van der Waals surface area (Å²) >= 11 is 0. The van der Waals surface area contributed by atoms with Crippen LogP contribution in [0.4, 0.5) is 5.69 Å². The molecule has 0 unspecified atom stereocenters. The molecule has 1 atom stereocenters. The van der Waals surface area contributed by atoms with Crippen LogP contribution in [0.3, 0.4) is 0 Å². The Bertz CT molecular complexity index is 1010. The van der Waals surface area contributed by atoms with Crippen molar-refractivity contribution in [3.8, 4) is 11.5 Å². The first kappa shape index (κ1) is 22.9. The summed E-state index contributed by atoms with van der Waals surface area (Å²) in [5.41, 5.74) is 0.455. The van der Waals surface area contributed by atoms with E-state index < -0.39 is 5.54 Å². The largest absolute Gasteiger partial charge is 0.496 e. The van der Waals surface area contributed by atoms with Crippen molar-refractivity contribution in [2.24, 2.45) is 0 Å².